The first-order valence-electron chi connectivity index (χ1n) is 11.6. The molecule has 0 unspecified atom stereocenters. The molecule has 1 aromatic carbocycles. The van der Waals surface area contributed by atoms with E-state index in [4.69, 9.17) is 0 Å². The lowest BCUT2D eigenvalue weighted by Crippen LogP contribution is -2.35. The van der Waals surface area contributed by atoms with Crippen molar-refractivity contribution in [3.8, 4) is 0 Å². The van der Waals surface area contributed by atoms with E-state index in [1.165, 1.54) is 25.7 Å². The van der Waals surface area contributed by atoms with Gasteiger partial charge in [0.2, 0.25) is 10.0 Å². The zero-order valence-electron chi connectivity index (χ0n) is 19.0. The first-order chi connectivity index (χ1) is 14.7. The molecule has 0 saturated carbocycles. The summed E-state index contributed by atoms with van der Waals surface area (Å²) in [6, 6.07) is 3.63. The Morgan fingerprint density at radius 1 is 1.10 bits per heavy atom. The number of carbonyl (C=O) groups is 1. The molecule has 1 fully saturated rings. The van der Waals surface area contributed by atoms with Crippen LogP contribution in [0.25, 0.3) is 10.9 Å². The molecule has 7 heteroatoms. The molecular weight excluding hydrogens is 410 g/mol. The Bertz CT molecular complexity index is 1080. The number of rotatable bonds is 6. The van der Waals surface area contributed by atoms with Crippen LogP contribution in [0.3, 0.4) is 0 Å². The minimum Gasteiger partial charge on any atom is -0.358 e. The summed E-state index contributed by atoms with van der Waals surface area (Å²) < 4.78 is 29.1. The highest BCUT2D eigenvalue weighted by molar-refractivity contribution is 7.89. The van der Waals surface area contributed by atoms with Crippen LogP contribution in [0, 0.1) is 5.41 Å². The Hall–Kier alpha value is -1.70. The van der Waals surface area contributed by atoms with Gasteiger partial charge in [-0.25, -0.2) is 13.1 Å². The fraction of sp³-hybridized carbons (Fsp3) is 0.625. The van der Waals surface area contributed by atoms with E-state index in [0.717, 1.165) is 53.8 Å². The van der Waals surface area contributed by atoms with Crippen molar-refractivity contribution >= 4 is 26.7 Å². The molecule has 170 valence electrons. The molecule has 0 bridgehead atoms. The van der Waals surface area contributed by atoms with Crippen molar-refractivity contribution in [2.75, 3.05) is 26.2 Å². The first-order valence-corrected chi connectivity index (χ1v) is 13.1. The fourth-order valence-corrected chi connectivity index (χ4v) is 6.48. The van der Waals surface area contributed by atoms with Gasteiger partial charge in [0.25, 0.3) is 0 Å². The third kappa shape index (κ3) is 4.73. The van der Waals surface area contributed by atoms with Crippen molar-refractivity contribution in [3.05, 3.63) is 29.0 Å². The van der Waals surface area contributed by atoms with Gasteiger partial charge in [-0.05, 0) is 61.9 Å². The summed E-state index contributed by atoms with van der Waals surface area (Å²) in [5.41, 5.74) is 3.10. The normalized spacial score (nSPS) is 20.0. The van der Waals surface area contributed by atoms with E-state index in [2.05, 4.69) is 28.5 Å². The van der Waals surface area contributed by atoms with Gasteiger partial charge in [-0.1, -0.05) is 33.6 Å². The summed E-state index contributed by atoms with van der Waals surface area (Å²) in [7, 11) is -3.62. The van der Waals surface area contributed by atoms with Crippen LogP contribution in [0.15, 0.2) is 17.0 Å². The van der Waals surface area contributed by atoms with E-state index in [9.17, 15) is 13.2 Å². The number of sulfonamides is 1. The SMILES string of the molecule is CCc1cc2c3c([nH]c2cc1S(=O)(=O)NCCN1CCCCCC1)CC(C)(C)CC3=O. The molecule has 2 aliphatic rings. The van der Waals surface area contributed by atoms with E-state index in [1.807, 2.05) is 13.0 Å². The van der Waals surface area contributed by atoms with Crippen LogP contribution in [-0.4, -0.2) is 50.3 Å². The molecule has 31 heavy (non-hydrogen) atoms. The highest BCUT2D eigenvalue weighted by Gasteiger charge is 2.34. The maximum Gasteiger partial charge on any atom is 0.240 e. The van der Waals surface area contributed by atoms with Crippen LogP contribution in [0.5, 0.6) is 0 Å². The number of fused-ring (bicyclic) bond motifs is 3. The maximum absolute atomic E-state index is 13.2. The second-order valence-electron chi connectivity index (χ2n) is 9.93. The van der Waals surface area contributed by atoms with E-state index in [1.54, 1.807) is 6.07 Å². The molecule has 0 atom stereocenters. The quantitative estimate of drug-likeness (QED) is 0.703. The van der Waals surface area contributed by atoms with E-state index in [-0.39, 0.29) is 11.2 Å². The summed E-state index contributed by atoms with van der Waals surface area (Å²) >= 11 is 0. The molecule has 0 spiro atoms. The Balaban J connectivity index is 1.60. The number of nitrogens with one attached hydrogen (secondary N) is 2. The van der Waals surface area contributed by atoms with Crippen molar-refractivity contribution in [1.82, 2.24) is 14.6 Å². The summed E-state index contributed by atoms with van der Waals surface area (Å²) in [4.78, 5) is 18.9. The van der Waals surface area contributed by atoms with Gasteiger partial charge in [-0.2, -0.15) is 0 Å². The predicted molar refractivity (Wildman–Crippen MR) is 124 cm³/mol. The lowest BCUT2D eigenvalue weighted by atomic mass is 9.76. The number of H-pyrrole nitrogens is 1. The van der Waals surface area contributed by atoms with Crippen molar-refractivity contribution in [3.63, 3.8) is 0 Å². The van der Waals surface area contributed by atoms with Gasteiger partial charge in [-0.3, -0.25) is 4.79 Å². The van der Waals surface area contributed by atoms with Crippen LogP contribution >= 0.6 is 0 Å². The van der Waals surface area contributed by atoms with Gasteiger partial charge in [0.15, 0.2) is 5.78 Å². The number of benzene rings is 1. The smallest absolute Gasteiger partial charge is 0.240 e. The second-order valence-corrected chi connectivity index (χ2v) is 11.7. The molecule has 0 radical (unpaired) electrons. The predicted octanol–water partition coefficient (Wildman–Crippen LogP) is 4.04. The highest BCUT2D eigenvalue weighted by atomic mass is 32.2. The van der Waals surface area contributed by atoms with Crippen molar-refractivity contribution < 1.29 is 13.2 Å². The van der Waals surface area contributed by atoms with Crippen molar-refractivity contribution in [1.29, 1.82) is 0 Å². The number of likely N-dealkylation sites (tertiary alicyclic amines) is 1. The van der Waals surface area contributed by atoms with Crippen molar-refractivity contribution in [2.24, 2.45) is 5.41 Å². The highest BCUT2D eigenvalue weighted by Crippen LogP contribution is 2.39. The molecule has 2 heterocycles. The van der Waals surface area contributed by atoms with Gasteiger partial charge in [-0.15, -0.1) is 0 Å². The largest absolute Gasteiger partial charge is 0.358 e. The topological polar surface area (TPSA) is 82.3 Å². The Labute approximate surface area is 185 Å². The standard InChI is InChI=1S/C24H35N3O3S/c1-4-17-13-18-19(26-20-15-24(2,3)16-21(28)23(18)20)14-22(17)31(29,30)25-9-12-27-10-7-5-6-8-11-27/h13-14,25-26H,4-12,15-16H2,1-3H3. The van der Waals surface area contributed by atoms with E-state index >= 15 is 0 Å². The summed E-state index contributed by atoms with van der Waals surface area (Å²) in [6.45, 7) is 9.41. The second kappa shape index (κ2) is 8.68. The lowest BCUT2D eigenvalue weighted by molar-refractivity contribution is 0.0913. The average Bonchev–Trinajstić information content (AvgIpc) is 2.84. The summed E-state index contributed by atoms with van der Waals surface area (Å²) in [5, 5.41) is 0.857. The average molecular weight is 446 g/mol. The molecule has 2 aromatic rings. The molecule has 1 aliphatic heterocycles. The van der Waals surface area contributed by atoms with Gasteiger partial charge in [0.1, 0.15) is 0 Å². The first kappa shape index (κ1) is 22.5. The molecule has 1 aliphatic carbocycles. The molecular formula is C24H35N3O3S. The van der Waals surface area contributed by atoms with E-state index < -0.39 is 10.0 Å². The minimum absolute atomic E-state index is 0.0810. The Morgan fingerprint density at radius 3 is 2.48 bits per heavy atom. The monoisotopic (exact) mass is 445 g/mol. The van der Waals surface area contributed by atoms with E-state index in [0.29, 0.717) is 24.3 Å². The number of hydrogen-bond acceptors (Lipinski definition) is 4. The molecule has 1 aromatic heterocycles. The van der Waals surface area contributed by atoms with Crippen LogP contribution in [-0.2, 0) is 22.9 Å². The number of nitrogens with zero attached hydrogens (tertiary/aromatic N) is 1. The third-order valence-electron chi connectivity index (χ3n) is 6.72. The molecule has 4 rings (SSSR count). The molecule has 0 amide bonds. The van der Waals surface area contributed by atoms with Gasteiger partial charge >= 0.3 is 0 Å². The minimum atomic E-state index is -3.62. The lowest BCUT2D eigenvalue weighted by Gasteiger charge is -2.28. The van der Waals surface area contributed by atoms with Gasteiger partial charge in [0, 0.05) is 41.7 Å². The summed E-state index contributed by atoms with van der Waals surface area (Å²) in [6.07, 6.45) is 6.82. The Kier molecular flexibility index (Phi) is 6.30. The van der Waals surface area contributed by atoms with Crippen LogP contribution < -0.4 is 4.72 Å². The zero-order valence-corrected chi connectivity index (χ0v) is 19.8. The zero-order chi connectivity index (χ0) is 22.2. The Morgan fingerprint density at radius 2 is 1.81 bits per heavy atom. The number of aromatic amines is 1. The third-order valence-corrected chi connectivity index (χ3v) is 8.26. The fourth-order valence-electron chi connectivity index (χ4n) is 5.14. The number of ketones is 1. The van der Waals surface area contributed by atoms with Gasteiger partial charge in [0.05, 0.1) is 4.90 Å². The number of aryl methyl sites for hydroxylation is 1. The number of Topliss-reactive ketones (excluding diaryl/α,β-unsaturated/α-hetero) is 1. The number of carbonyl (C=O) groups excluding carboxylic acids is 1. The molecule has 1 saturated heterocycles. The maximum atomic E-state index is 13.2. The number of hydrogen-bond donors (Lipinski definition) is 2. The van der Waals surface area contributed by atoms with Gasteiger partial charge < -0.3 is 9.88 Å². The molecule has 2 N–H and O–H groups in total. The van der Waals surface area contributed by atoms with Crippen LogP contribution in [0.4, 0.5) is 0 Å². The number of aromatic nitrogens is 1. The molecule has 6 nitrogen and oxygen atoms in total. The van der Waals surface area contributed by atoms with Crippen LogP contribution in [0.2, 0.25) is 0 Å². The van der Waals surface area contributed by atoms with Crippen LogP contribution in [0.1, 0.15) is 74.5 Å². The summed E-state index contributed by atoms with van der Waals surface area (Å²) in [5.74, 6) is 0.144. The van der Waals surface area contributed by atoms with Crippen molar-refractivity contribution in [2.45, 2.75) is 70.6 Å².